The molecular weight excluding hydrogens is 371 g/mol. The van der Waals surface area contributed by atoms with Gasteiger partial charge in [-0.1, -0.05) is 12.8 Å². The first kappa shape index (κ1) is 19.7. The van der Waals surface area contributed by atoms with Crippen molar-refractivity contribution >= 4 is 5.97 Å². The largest absolute Gasteiger partial charge is 0.490 e. The molecule has 1 aromatic heterocycles. The van der Waals surface area contributed by atoms with Gasteiger partial charge in [0.2, 0.25) is 0 Å². The highest BCUT2D eigenvalue weighted by Gasteiger charge is 2.53. The fourth-order valence-electron chi connectivity index (χ4n) is 6.44. The molecule has 0 radical (unpaired) electrons. The van der Waals surface area contributed by atoms with E-state index in [1.807, 2.05) is 0 Å². The van der Waals surface area contributed by atoms with Crippen LogP contribution >= 0.6 is 0 Å². The number of aliphatic carboxylic acids is 1. The van der Waals surface area contributed by atoms with E-state index in [9.17, 15) is 13.2 Å². The third kappa shape index (κ3) is 3.79. The van der Waals surface area contributed by atoms with E-state index in [4.69, 9.17) is 15.0 Å². The quantitative estimate of drug-likeness (QED) is 0.755. The number of halogens is 3. The summed E-state index contributed by atoms with van der Waals surface area (Å²) in [5, 5.41) is 16.5. The number of aryl methyl sites for hydroxylation is 1. The number of fused-ring (bicyclic) bond motifs is 1. The lowest BCUT2D eigenvalue weighted by atomic mass is 9.49. The predicted octanol–water partition coefficient (Wildman–Crippen LogP) is 4.50. The van der Waals surface area contributed by atoms with Crippen molar-refractivity contribution in [2.24, 2.45) is 17.8 Å². The minimum atomic E-state index is -5.08. The van der Waals surface area contributed by atoms with Gasteiger partial charge in [-0.2, -0.15) is 13.2 Å². The number of rotatable bonds is 1. The van der Waals surface area contributed by atoms with Crippen LogP contribution in [0.3, 0.4) is 0 Å². The van der Waals surface area contributed by atoms with Crippen LogP contribution in [0, 0.1) is 17.8 Å². The van der Waals surface area contributed by atoms with E-state index in [0.29, 0.717) is 5.41 Å². The monoisotopic (exact) mass is 399 g/mol. The first-order valence-corrected chi connectivity index (χ1v) is 10.5. The molecule has 0 amide bonds. The van der Waals surface area contributed by atoms with Gasteiger partial charge in [-0.25, -0.2) is 4.79 Å². The number of nitrogens with zero attached hydrogens (tertiary/aromatic N) is 3. The fraction of sp³-hybridized carbons (Fsp3) is 0.850. The van der Waals surface area contributed by atoms with Crippen LogP contribution in [0.15, 0.2) is 0 Å². The third-order valence-corrected chi connectivity index (χ3v) is 7.11. The molecule has 5 nitrogen and oxygen atoms in total. The molecule has 0 spiro atoms. The van der Waals surface area contributed by atoms with Gasteiger partial charge in [-0.3, -0.25) is 0 Å². The highest BCUT2D eigenvalue weighted by Crippen LogP contribution is 2.60. The average Bonchev–Trinajstić information content (AvgIpc) is 2.95. The van der Waals surface area contributed by atoms with Crippen molar-refractivity contribution in [2.45, 2.75) is 88.8 Å². The van der Waals surface area contributed by atoms with E-state index in [1.54, 1.807) is 0 Å². The van der Waals surface area contributed by atoms with Crippen LogP contribution in [0.25, 0.3) is 0 Å². The summed E-state index contributed by atoms with van der Waals surface area (Å²) < 4.78 is 34.3. The maximum absolute atomic E-state index is 10.6. The molecule has 0 unspecified atom stereocenters. The second-order valence-electron chi connectivity index (χ2n) is 9.26. The van der Waals surface area contributed by atoms with Crippen molar-refractivity contribution in [3.63, 3.8) is 0 Å². The van der Waals surface area contributed by atoms with Crippen molar-refractivity contribution in [1.82, 2.24) is 14.8 Å². The summed E-state index contributed by atoms with van der Waals surface area (Å²) in [4.78, 5) is 8.90. The van der Waals surface area contributed by atoms with Gasteiger partial charge in [-0.05, 0) is 69.1 Å². The van der Waals surface area contributed by atoms with Gasteiger partial charge < -0.3 is 9.67 Å². The highest BCUT2D eigenvalue weighted by molar-refractivity contribution is 5.73. The first-order chi connectivity index (χ1) is 13.3. The van der Waals surface area contributed by atoms with Gasteiger partial charge in [-0.15, -0.1) is 10.2 Å². The summed E-state index contributed by atoms with van der Waals surface area (Å²) >= 11 is 0. The topological polar surface area (TPSA) is 68.0 Å². The Bertz CT molecular complexity index is 693. The van der Waals surface area contributed by atoms with Crippen molar-refractivity contribution in [1.29, 1.82) is 0 Å². The summed E-state index contributed by atoms with van der Waals surface area (Å²) in [7, 11) is 0. The maximum atomic E-state index is 10.6. The lowest BCUT2D eigenvalue weighted by Crippen LogP contribution is -2.49. The molecule has 0 aromatic carbocycles. The Morgan fingerprint density at radius 2 is 1.50 bits per heavy atom. The minimum Gasteiger partial charge on any atom is -0.475 e. The highest BCUT2D eigenvalue weighted by atomic mass is 19.4. The zero-order valence-corrected chi connectivity index (χ0v) is 16.0. The van der Waals surface area contributed by atoms with E-state index in [0.717, 1.165) is 24.2 Å². The van der Waals surface area contributed by atoms with Crippen LogP contribution in [0.4, 0.5) is 13.2 Å². The molecule has 6 rings (SSSR count). The SMILES string of the molecule is C1CCCn2c(nnc2C23CC4CC(CC(C4)C2)C3)CC1.O=C(O)C(F)(F)F. The Labute approximate surface area is 162 Å². The third-order valence-electron chi connectivity index (χ3n) is 7.11. The Morgan fingerprint density at radius 1 is 0.964 bits per heavy atom. The number of carbonyl (C=O) groups is 1. The molecule has 28 heavy (non-hydrogen) atoms. The number of carboxylic acid groups (broad SMARTS) is 1. The van der Waals surface area contributed by atoms with Crippen molar-refractivity contribution in [3.8, 4) is 0 Å². The molecule has 1 aliphatic heterocycles. The Morgan fingerprint density at radius 3 is 2.04 bits per heavy atom. The zero-order chi connectivity index (χ0) is 19.9. The smallest absolute Gasteiger partial charge is 0.475 e. The molecule has 0 atom stereocenters. The van der Waals surface area contributed by atoms with Crippen LogP contribution < -0.4 is 0 Å². The van der Waals surface area contributed by atoms with E-state index in [-0.39, 0.29) is 0 Å². The van der Waals surface area contributed by atoms with Gasteiger partial charge in [0.1, 0.15) is 11.6 Å². The molecule has 156 valence electrons. The number of carboxylic acids is 1. The van der Waals surface area contributed by atoms with Crippen molar-refractivity contribution in [3.05, 3.63) is 11.6 Å². The van der Waals surface area contributed by atoms with Crippen molar-refractivity contribution in [2.75, 3.05) is 0 Å². The van der Waals surface area contributed by atoms with E-state index in [2.05, 4.69) is 9.67 Å². The van der Waals surface area contributed by atoms with Crippen LogP contribution in [-0.2, 0) is 23.2 Å². The molecular formula is C20H28F3N3O2. The maximum Gasteiger partial charge on any atom is 0.490 e. The summed E-state index contributed by atoms with van der Waals surface area (Å²) in [6.07, 6.45) is 10.2. The molecule has 0 saturated heterocycles. The van der Waals surface area contributed by atoms with Gasteiger partial charge in [0.15, 0.2) is 0 Å². The summed E-state index contributed by atoms with van der Waals surface area (Å²) in [6.45, 7) is 1.18. The summed E-state index contributed by atoms with van der Waals surface area (Å²) in [5.41, 5.74) is 0.416. The normalized spacial score (nSPS) is 34.0. The molecule has 5 aliphatic rings. The van der Waals surface area contributed by atoms with E-state index < -0.39 is 12.1 Å². The molecule has 2 heterocycles. The molecule has 4 fully saturated rings. The van der Waals surface area contributed by atoms with Crippen LogP contribution in [0.1, 0.15) is 75.9 Å². The lowest BCUT2D eigenvalue weighted by Gasteiger charge is -2.56. The fourth-order valence-corrected chi connectivity index (χ4v) is 6.44. The average molecular weight is 399 g/mol. The van der Waals surface area contributed by atoms with Crippen LogP contribution in [-0.4, -0.2) is 32.0 Å². The van der Waals surface area contributed by atoms with Crippen LogP contribution in [0.2, 0.25) is 0 Å². The van der Waals surface area contributed by atoms with Gasteiger partial charge in [0.05, 0.1) is 0 Å². The van der Waals surface area contributed by atoms with Gasteiger partial charge in [0, 0.05) is 18.4 Å². The second-order valence-corrected chi connectivity index (χ2v) is 9.26. The number of hydrogen-bond acceptors (Lipinski definition) is 3. The molecule has 1 N–H and O–H groups in total. The summed E-state index contributed by atoms with van der Waals surface area (Å²) in [5.74, 6) is 2.93. The standard InChI is InChI=1S/C18H27N3.C2HF3O2/c1-2-4-6-21-16(5-3-1)19-20-17(21)18-10-13-7-14(11-18)9-15(8-13)12-18;3-2(4,5)1(6)7/h13-15H,1-12H2;(H,6,7). The Kier molecular flexibility index (Phi) is 5.16. The number of aromatic nitrogens is 3. The van der Waals surface area contributed by atoms with E-state index >= 15 is 0 Å². The molecule has 4 bridgehead atoms. The number of alkyl halides is 3. The van der Waals surface area contributed by atoms with E-state index in [1.165, 1.54) is 82.4 Å². The van der Waals surface area contributed by atoms with Crippen LogP contribution in [0.5, 0.6) is 0 Å². The molecule has 4 saturated carbocycles. The van der Waals surface area contributed by atoms with Crippen molar-refractivity contribution < 1.29 is 23.1 Å². The predicted molar refractivity (Wildman–Crippen MR) is 95.7 cm³/mol. The lowest BCUT2D eigenvalue weighted by molar-refractivity contribution is -0.192. The molecule has 8 heteroatoms. The molecule has 4 aliphatic carbocycles. The second kappa shape index (κ2) is 7.34. The molecule has 1 aromatic rings. The number of hydrogen-bond donors (Lipinski definition) is 1. The minimum absolute atomic E-state index is 0.416. The Hall–Kier alpha value is -1.60. The summed E-state index contributed by atoms with van der Waals surface area (Å²) in [6, 6.07) is 0. The zero-order valence-electron chi connectivity index (χ0n) is 16.0. The Balaban J connectivity index is 0.000000239. The first-order valence-electron chi connectivity index (χ1n) is 10.5. The van der Waals surface area contributed by atoms with Gasteiger partial charge in [0.25, 0.3) is 0 Å². The van der Waals surface area contributed by atoms with Gasteiger partial charge >= 0.3 is 12.1 Å².